The number of likely N-dealkylation sites (tertiary alicyclic amines) is 1. The predicted molar refractivity (Wildman–Crippen MR) is 96.3 cm³/mol. The summed E-state index contributed by atoms with van der Waals surface area (Å²) in [5.74, 6) is 0.196. The molecule has 0 N–H and O–H groups in total. The summed E-state index contributed by atoms with van der Waals surface area (Å²) in [6.45, 7) is 3.52. The van der Waals surface area contributed by atoms with Crippen molar-refractivity contribution in [3.05, 3.63) is 0 Å². The molecule has 2 heterocycles. The number of piperidine rings is 1. The highest BCUT2D eigenvalue weighted by molar-refractivity contribution is 5.88. The summed E-state index contributed by atoms with van der Waals surface area (Å²) in [4.78, 5) is 31.8. The number of carbonyl (C=O) groups excluding carboxylic acids is 2. The molecule has 6 heteroatoms. The van der Waals surface area contributed by atoms with Crippen LogP contribution in [0.1, 0.15) is 51.4 Å². The smallest absolute Gasteiger partial charge is 0.253 e. The standard InChI is InChI=1S/C19H33N3O3/c1-20(2)17(23)16-15-21(13-14-25-16)18(24)19(9-5-3-6-10-19)22-11-7-4-8-12-22/h16H,3-15H2,1-2H3. The van der Waals surface area contributed by atoms with E-state index in [9.17, 15) is 9.59 Å². The Morgan fingerprint density at radius 3 is 2.24 bits per heavy atom. The number of morpholine rings is 1. The van der Waals surface area contributed by atoms with Gasteiger partial charge in [0.05, 0.1) is 13.2 Å². The highest BCUT2D eigenvalue weighted by Gasteiger charge is 2.48. The molecule has 25 heavy (non-hydrogen) atoms. The molecule has 0 aromatic carbocycles. The molecule has 1 aliphatic carbocycles. The Balaban J connectivity index is 1.76. The fourth-order valence-corrected chi connectivity index (χ4v) is 4.69. The molecule has 3 fully saturated rings. The maximum atomic E-state index is 13.6. The first kappa shape index (κ1) is 18.6. The maximum absolute atomic E-state index is 13.6. The number of hydrogen-bond donors (Lipinski definition) is 0. The molecular weight excluding hydrogens is 318 g/mol. The van der Waals surface area contributed by atoms with Gasteiger partial charge in [0.2, 0.25) is 5.91 Å². The van der Waals surface area contributed by atoms with Crippen LogP contribution < -0.4 is 0 Å². The lowest BCUT2D eigenvalue weighted by molar-refractivity contribution is -0.161. The summed E-state index contributed by atoms with van der Waals surface area (Å²) in [5.41, 5.74) is -0.332. The number of carbonyl (C=O) groups is 2. The fraction of sp³-hybridized carbons (Fsp3) is 0.895. The first-order valence-electron chi connectivity index (χ1n) is 9.92. The van der Waals surface area contributed by atoms with Crippen molar-refractivity contribution in [3.63, 3.8) is 0 Å². The van der Waals surface area contributed by atoms with Gasteiger partial charge in [0.1, 0.15) is 5.54 Å². The monoisotopic (exact) mass is 351 g/mol. The second kappa shape index (κ2) is 8.04. The number of rotatable bonds is 3. The first-order chi connectivity index (χ1) is 12.0. The molecule has 0 spiro atoms. The van der Waals surface area contributed by atoms with E-state index >= 15 is 0 Å². The van der Waals surface area contributed by atoms with Gasteiger partial charge in [0, 0.05) is 20.6 Å². The van der Waals surface area contributed by atoms with Crippen LogP contribution in [0.25, 0.3) is 0 Å². The van der Waals surface area contributed by atoms with E-state index in [1.165, 1.54) is 25.7 Å². The highest BCUT2D eigenvalue weighted by atomic mass is 16.5. The van der Waals surface area contributed by atoms with Crippen molar-refractivity contribution in [1.29, 1.82) is 0 Å². The molecule has 1 unspecified atom stereocenters. The van der Waals surface area contributed by atoms with E-state index in [1.807, 2.05) is 4.90 Å². The summed E-state index contributed by atoms with van der Waals surface area (Å²) in [6, 6.07) is 0. The van der Waals surface area contributed by atoms with Gasteiger partial charge in [-0.05, 0) is 38.8 Å². The quantitative estimate of drug-likeness (QED) is 0.773. The molecule has 2 aliphatic heterocycles. The zero-order chi connectivity index (χ0) is 17.9. The Hall–Kier alpha value is -1.14. The second-order valence-corrected chi connectivity index (χ2v) is 7.98. The molecule has 2 amide bonds. The molecule has 142 valence electrons. The molecule has 0 aromatic heterocycles. The summed E-state index contributed by atoms with van der Waals surface area (Å²) >= 11 is 0. The van der Waals surface area contributed by atoms with Crippen molar-refractivity contribution in [2.45, 2.75) is 63.0 Å². The van der Waals surface area contributed by atoms with Crippen LogP contribution in [0.2, 0.25) is 0 Å². The molecule has 0 bridgehead atoms. The molecule has 3 aliphatic rings. The topological polar surface area (TPSA) is 53.1 Å². The van der Waals surface area contributed by atoms with Crippen LogP contribution in [0.5, 0.6) is 0 Å². The molecule has 1 atom stereocenters. The lowest BCUT2D eigenvalue weighted by Gasteiger charge is -2.49. The van der Waals surface area contributed by atoms with Crippen molar-refractivity contribution < 1.29 is 14.3 Å². The van der Waals surface area contributed by atoms with E-state index in [1.54, 1.807) is 19.0 Å². The minimum atomic E-state index is -0.519. The van der Waals surface area contributed by atoms with Crippen LogP contribution in [-0.4, -0.2) is 85.0 Å². The van der Waals surface area contributed by atoms with E-state index in [-0.39, 0.29) is 17.4 Å². The highest BCUT2D eigenvalue weighted by Crippen LogP contribution is 2.37. The zero-order valence-corrected chi connectivity index (χ0v) is 15.8. The third-order valence-electron chi connectivity index (χ3n) is 6.11. The minimum Gasteiger partial charge on any atom is -0.365 e. The Morgan fingerprint density at radius 1 is 0.960 bits per heavy atom. The van der Waals surface area contributed by atoms with E-state index in [0.29, 0.717) is 19.7 Å². The van der Waals surface area contributed by atoms with Gasteiger partial charge < -0.3 is 14.5 Å². The van der Waals surface area contributed by atoms with Gasteiger partial charge in [-0.25, -0.2) is 0 Å². The molecule has 0 radical (unpaired) electrons. The number of hydrogen-bond acceptors (Lipinski definition) is 4. The maximum Gasteiger partial charge on any atom is 0.253 e. The van der Waals surface area contributed by atoms with E-state index < -0.39 is 6.10 Å². The lowest BCUT2D eigenvalue weighted by atomic mass is 9.78. The van der Waals surface area contributed by atoms with Crippen molar-refractivity contribution in [2.24, 2.45) is 0 Å². The number of nitrogens with zero attached hydrogens (tertiary/aromatic N) is 3. The van der Waals surface area contributed by atoms with Crippen molar-refractivity contribution in [3.8, 4) is 0 Å². The average Bonchev–Trinajstić information content (AvgIpc) is 2.68. The van der Waals surface area contributed by atoms with Gasteiger partial charge >= 0.3 is 0 Å². The van der Waals surface area contributed by atoms with Crippen LogP contribution >= 0.6 is 0 Å². The fourth-order valence-electron chi connectivity index (χ4n) is 4.69. The largest absolute Gasteiger partial charge is 0.365 e. The molecule has 1 saturated carbocycles. The normalized spacial score (nSPS) is 27.8. The second-order valence-electron chi connectivity index (χ2n) is 7.98. The van der Waals surface area contributed by atoms with Crippen LogP contribution in [0.15, 0.2) is 0 Å². The lowest BCUT2D eigenvalue weighted by Crippen LogP contribution is -2.64. The van der Waals surface area contributed by atoms with E-state index in [2.05, 4.69) is 4.90 Å². The Labute approximate surface area is 151 Å². The Bertz CT molecular complexity index is 482. The summed E-state index contributed by atoms with van der Waals surface area (Å²) in [6.07, 6.45) is 8.57. The number of amides is 2. The summed E-state index contributed by atoms with van der Waals surface area (Å²) in [5, 5.41) is 0. The van der Waals surface area contributed by atoms with Crippen LogP contribution in [0.3, 0.4) is 0 Å². The van der Waals surface area contributed by atoms with Gasteiger partial charge in [-0.3, -0.25) is 14.5 Å². The molecule has 3 rings (SSSR count). The molecule has 2 saturated heterocycles. The third kappa shape index (κ3) is 3.85. The van der Waals surface area contributed by atoms with Crippen LogP contribution in [-0.2, 0) is 14.3 Å². The summed E-state index contributed by atoms with van der Waals surface area (Å²) < 4.78 is 5.65. The van der Waals surface area contributed by atoms with Crippen molar-refractivity contribution >= 4 is 11.8 Å². The first-order valence-corrected chi connectivity index (χ1v) is 9.92. The van der Waals surface area contributed by atoms with Gasteiger partial charge in [-0.1, -0.05) is 25.7 Å². The number of ether oxygens (including phenoxy) is 1. The van der Waals surface area contributed by atoms with Gasteiger partial charge in [0.15, 0.2) is 6.10 Å². The van der Waals surface area contributed by atoms with Crippen molar-refractivity contribution in [1.82, 2.24) is 14.7 Å². The van der Waals surface area contributed by atoms with Gasteiger partial charge in [-0.2, -0.15) is 0 Å². The van der Waals surface area contributed by atoms with Gasteiger partial charge in [-0.15, -0.1) is 0 Å². The predicted octanol–water partition coefficient (Wildman–Crippen LogP) is 1.49. The van der Waals surface area contributed by atoms with Crippen LogP contribution in [0.4, 0.5) is 0 Å². The molecule has 0 aromatic rings. The third-order valence-corrected chi connectivity index (χ3v) is 6.11. The number of likely N-dealkylation sites (N-methyl/N-ethyl adjacent to an activating group) is 1. The Kier molecular flexibility index (Phi) is 6.00. The molecule has 6 nitrogen and oxygen atoms in total. The Morgan fingerprint density at radius 2 is 1.60 bits per heavy atom. The van der Waals surface area contributed by atoms with E-state index in [0.717, 1.165) is 38.8 Å². The SMILES string of the molecule is CN(C)C(=O)C1CN(C(=O)C2(N3CCCCC3)CCCCC2)CCO1. The summed E-state index contributed by atoms with van der Waals surface area (Å²) in [7, 11) is 3.48. The zero-order valence-electron chi connectivity index (χ0n) is 15.8. The van der Waals surface area contributed by atoms with Crippen molar-refractivity contribution in [2.75, 3.05) is 46.9 Å². The average molecular weight is 351 g/mol. The van der Waals surface area contributed by atoms with E-state index in [4.69, 9.17) is 4.74 Å². The minimum absolute atomic E-state index is 0.0480. The van der Waals surface area contributed by atoms with Crippen LogP contribution in [0, 0.1) is 0 Å². The van der Waals surface area contributed by atoms with Gasteiger partial charge in [0.25, 0.3) is 5.91 Å². The molecular formula is C19H33N3O3.